The number of hydrogen-bond acceptors (Lipinski definition) is 4. The highest BCUT2D eigenvalue weighted by molar-refractivity contribution is 7.92. The van der Waals surface area contributed by atoms with Crippen molar-refractivity contribution in [1.29, 1.82) is 0 Å². The average Bonchev–Trinajstić information content (AvgIpc) is 2.74. The predicted molar refractivity (Wildman–Crippen MR) is 128 cm³/mol. The molecule has 3 aromatic rings. The second-order valence-corrected chi connectivity index (χ2v) is 9.72. The summed E-state index contributed by atoms with van der Waals surface area (Å²) in [6.07, 6.45) is 0. The van der Waals surface area contributed by atoms with Gasteiger partial charge in [-0.05, 0) is 78.9 Å². The van der Waals surface area contributed by atoms with Gasteiger partial charge in [0.15, 0.2) is 0 Å². The second-order valence-electron chi connectivity index (χ2n) is 7.66. The smallest absolute Gasteiger partial charge is 0.322 e. The number of nitrogens with one attached hydrogen (secondary N) is 2. The summed E-state index contributed by atoms with van der Waals surface area (Å²) in [5.74, 6) is -1.60. The van der Waals surface area contributed by atoms with Gasteiger partial charge in [-0.15, -0.1) is 0 Å². The predicted octanol–water partition coefficient (Wildman–Crippen LogP) is 4.55. The molecule has 172 valence electrons. The van der Waals surface area contributed by atoms with Crippen molar-refractivity contribution >= 4 is 39.2 Å². The number of anilines is 1. The molecule has 0 saturated carbocycles. The van der Waals surface area contributed by atoms with Crippen LogP contribution in [0.1, 0.15) is 27.0 Å². The Hall–Kier alpha value is -3.36. The molecule has 3 rings (SSSR count). The van der Waals surface area contributed by atoms with Crippen LogP contribution >= 0.6 is 11.6 Å². The first-order chi connectivity index (χ1) is 15.5. The van der Waals surface area contributed by atoms with E-state index in [2.05, 4.69) is 10.0 Å². The molecule has 0 spiro atoms. The molecule has 0 unspecified atom stereocenters. The van der Waals surface area contributed by atoms with E-state index in [-0.39, 0.29) is 4.90 Å². The molecular weight excluding hydrogens is 464 g/mol. The van der Waals surface area contributed by atoms with E-state index >= 15 is 0 Å². The van der Waals surface area contributed by atoms with Crippen LogP contribution in [0.5, 0.6) is 0 Å². The lowest BCUT2D eigenvalue weighted by Gasteiger charge is -2.13. The van der Waals surface area contributed by atoms with Crippen LogP contribution < -0.4 is 10.0 Å². The molecule has 3 aromatic carbocycles. The fourth-order valence-electron chi connectivity index (χ4n) is 3.37. The third-order valence-corrected chi connectivity index (χ3v) is 7.00. The Balaban J connectivity index is 1.87. The average molecular weight is 487 g/mol. The number of halogens is 1. The lowest BCUT2D eigenvalue weighted by Crippen LogP contribution is -2.29. The van der Waals surface area contributed by atoms with Crippen LogP contribution in [0.4, 0.5) is 5.69 Å². The maximum absolute atomic E-state index is 13.0. The van der Waals surface area contributed by atoms with Crippen molar-refractivity contribution in [2.75, 3.05) is 11.3 Å². The molecule has 0 fully saturated rings. The van der Waals surface area contributed by atoms with Gasteiger partial charge < -0.3 is 10.4 Å². The number of aryl methyl sites for hydroxylation is 3. The van der Waals surface area contributed by atoms with Gasteiger partial charge >= 0.3 is 5.97 Å². The van der Waals surface area contributed by atoms with Crippen molar-refractivity contribution in [2.24, 2.45) is 0 Å². The Labute approximate surface area is 197 Å². The molecule has 3 N–H and O–H groups in total. The molecule has 0 saturated heterocycles. The van der Waals surface area contributed by atoms with Crippen LogP contribution in [0.3, 0.4) is 0 Å². The molecule has 1 amide bonds. The molecular formula is C24H23ClN2O5S. The number of rotatable bonds is 7. The number of hydrogen-bond donors (Lipinski definition) is 3. The van der Waals surface area contributed by atoms with Gasteiger partial charge in [0.2, 0.25) is 0 Å². The fraction of sp³-hybridized carbons (Fsp3) is 0.167. The number of sulfonamides is 1. The molecule has 0 atom stereocenters. The van der Waals surface area contributed by atoms with Crippen LogP contribution in [-0.4, -0.2) is 31.9 Å². The van der Waals surface area contributed by atoms with Gasteiger partial charge in [-0.25, -0.2) is 8.42 Å². The van der Waals surface area contributed by atoms with Crippen molar-refractivity contribution in [3.8, 4) is 11.1 Å². The highest BCUT2D eigenvalue weighted by atomic mass is 35.5. The molecule has 0 aliphatic rings. The summed E-state index contributed by atoms with van der Waals surface area (Å²) in [4.78, 5) is 23.0. The molecule has 9 heteroatoms. The third-order valence-electron chi connectivity index (χ3n) is 5.07. The lowest BCUT2D eigenvalue weighted by molar-refractivity contribution is -0.135. The molecule has 0 aliphatic heterocycles. The van der Waals surface area contributed by atoms with E-state index in [0.29, 0.717) is 33.0 Å². The highest BCUT2D eigenvalue weighted by Crippen LogP contribution is 2.28. The summed E-state index contributed by atoms with van der Waals surface area (Å²) < 4.78 is 28.6. The summed E-state index contributed by atoms with van der Waals surface area (Å²) in [5, 5.41) is 11.6. The molecule has 0 radical (unpaired) electrons. The summed E-state index contributed by atoms with van der Waals surface area (Å²) in [7, 11) is -3.83. The van der Waals surface area contributed by atoms with Gasteiger partial charge in [0, 0.05) is 16.3 Å². The molecule has 0 bridgehead atoms. The van der Waals surface area contributed by atoms with Crippen molar-refractivity contribution in [3.63, 3.8) is 0 Å². The van der Waals surface area contributed by atoms with Gasteiger partial charge in [-0.1, -0.05) is 35.9 Å². The van der Waals surface area contributed by atoms with E-state index in [1.54, 1.807) is 69.3 Å². The zero-order chi connectivity index (χ0) is 24.3. The van der Waals surface area contributed by atoms with Gasteiger partial charge in [0.25, 0.3) is 15.9 Å². The highest BCUT2D eigenvalue weighted by Gasteiger charge is 2.19. The monoisotopic (exact) mass is 486 g/mol. The topological polar surface area (TPSA) is 113 Å². The first kappa shape index (κ1) is 24.3. The lowest BCUT2D eigenvalue weighted by atomic mass is 9.99. The van der Waals surface area contributed by atoms with Crippen LogP contribution in [0, 0.1) is 20.8 Å². The van der Waals surface area contributed by atoms with E-state index in [0.717, 1.165) is 11.1 Å². The van der Waals surface area contributed by atoms with Crippen molar-refractivity contribution in [2.45, 2.75) is 25.7 Å². The second kappa shape index (κ2) is 9.64. The maximum Gasteiger partial charge on any atom is 0.322 e. The zero-order valence-corrected chi connectivity index (χ0v) is 19.8. The molecule has 7 nitrogen and oxygen atoms in total. The first-order valence-corrected chi connectivity index (χ1v) is 11.8. The number of aliphatic carboxylic acids is 1. The Morgan fingerprint density at radius 3 is 2.27 bits per heavy atom. The van der Waals surface area contributed by atoms with Crippen molar-refractivity contribution in [3.05, 3.63) is 81.9 Å². The third kappa shape index (κ3) is 5.71. The molecule has 0 aromatic heterocycles. The van der Waals surface area contributed by atoms with Gasteiger partial charge in [-0.3, -0.25) is 14.3 Å². The minimum Gasteiger partial charge on any atom is -0.480 e. The number of carboxylic acid groups (broad SMARTS) is 1. The van der Waals surface area contributed by atoms with Gasteiger partial charge in [0.1, 0.15) is 6.54 Å². The van der Waals surface area contributed by atoms with E-state index in [1.165, 1.54) is 0 Å². The normalized spacial score (nSPS) is 11.2. The maximum atomic E-state index is 13.0. The summed E-state index contributed by atoms with van der Waals surface area (Å²) >= 11 is 6.09. The molecule has 0 aliphatic carbocycles. The Morgan fingerprint density at radius 2 is 1.61 bits per heavy atom. The number of carbonyl (C=O) groups is 2. The van der Waals surface area contributed by atoms with Gasteiger partial charge in [-0.2, -0.15) is 0 Å². The SMILES string of the molecule is Cc1cc(S(=O)(=O)Nc2cccc(-c3ccc(C(=O)NCC(=O)O)c(C)c3)c2)c(C)cc1Cl. The van der Waals surface area contributed by atoms with E-state index < -0.39 is 28.4 Å². The molecule has 0 heterocycles. The largest absolute Gasteiger partial charge is 0.480 e. The number of amides is 1. The van der Waals surface area contributed by atoms with Crippen molar-refractivity contribution in [1.82, 2.24) is 5.32 Å². The fourth-order valence-corrected chi connectivity index (χ4v) is 4.95. The number of carbonyl (C=O) groups excluding carboxylic acids is 1. The minimum absolute atomic E-state index is 0.155. The van der Waals surface area contributed by atoms with Crippen LogP contribution in [0.15, 0.2) is 59.5 Å². The summed E-state index contributed by atoms with van der Waals surface area (Å²) in [5.41, 5.74) is 4.15. The Morgan fingerprint density at radius 1 is 0.909 bits per heavy atom. The number of benzene rings is 3. The Kier molecular flexibility index (Phi) is 7.09. The van der Waals surface area contributed by atoms with E-state index in [9.17, 15) is 18.0 Å². The summed E-state index contributed by atoms with van der Waals surface area (Å²) in [6.45, 7) is 4.72. The quantitative estimate of drug-likeness (QED) is 0.453. The van der Waals surface area contributed by atoms with Crippen molar-refractivity contribution < 1.29 is 23.1 Å². The van der Waals surface area contributed by atoms with E-state index in [1.807, 2.05) is 6.07 Å². The minimum atomic E-state index is -3.83. The summed E-state index contributed by atoms with van der Waals surface area (Å²) in [6, 6.07) is 15.2. The standard InChI is InChI=1S/C24H23ClN2O5S/c1-14-9-18(7-8-20(14)24(30)26-13-23(28)29)17-5-4-6-19(12-17)27-33(31,32)22-11-15(2)21(25)10-16(22)3/h4-12,27H,13H2,1-3H3,(H,26,30)(H,28,29). The van der Waals surface area contributed by atoms with Gasteiger partial charge in [0.05, 0.1) is 4.90 Å². The Bertz CT molecular complexity index is 1350. The van der Waals surface area contributed by atoms with E-state index in [4.69, 9.17) is 16.7 Å². The molecule has 33 heavy (non-hydrogen) atoms. The first-order valence-electron chi connectivity index (χ1n) is 9.98. The zero-order valence-electron chi connectivity index (χ0n) is 18.3. The van der Waals surface area contributed by atoms with Crippen LogP contribution in [0.25, 0.3) is 11.1 Å². The number of carboxylic acids is 1. The van der Waals surface area contributed by atoms with Crippen LogP contribution in [0.2, 0.25) is 5.02 Å². The van der Waals surface area contributed by atoms with Crippen LogP contribution in [-0.2, 0) is 14.8 Å².